The van der Waals surface area contributed by atoms with Crippen LogP contribution in [0.15, 0.2) is 53.5 Å². The average Bonchev–Trinajstić information content (AvgIpc) is 2.67. The molecule has 152 valence electrons. The number of rotatable bonds is 6. The van der Waals surface area contributed by atoms with Gasteiger partial charge >= 0.3 is 0 Å². The molecule has 0 bridgehead atoms. The van der Waals surface area contributed by atoms with Crippen LogP contribution in [0.5, 0.6) is 5.75 Å². The lowest BCUT2D eigenvalue weighted by atomic mass is 10.1. The first-order chi connectivity index (χ1) is 13.1. The Morgan fingerprint density at radius 1 is 1.25 bits per heavy atom. The van der Waals surface area contributed by atoms with Crippen LogP contribution in [0.3, 0.4) is 0 Å². The zero-order chi connectivity index (χ0) is 19.1. The van der Waals surface area contributed by atoms with Gasteiger partial charge < -0.3 is 20.5 Å². The summed E-state index contributed by atoms with van der Waals surface area (Å²) < 4.78 is 10.8. The van der Waals surface area contributed by atoms with Crippen LogP contribution in [-0.2, 0) is 17.8 Å². The number of guanidine groups is 1. The van der Waals surface area contributed by atoms with Crippen LogP contribution in [0.4, 0.5) is 5.69 Å². The van der Waals surface area contributed by atoms with E-state index in [2.05, 4.69) is 46.4 Å². The summed E-state index contributed by atoms with van der Waals surface area (Å²) in [6.45, 7) is 6.36. The van der Waals surface area contributed by atoms with Crippen molar-refractivity contribution < 1.29 is 9.47 Å². The van der Waals surface area contributed by atoms with Gasteiger partial charge in [0.15, 0.2) is 5.96 Å². The minimum atomic E-state index is 0. The summed E-state index contributed by atoms with van der Waals surface area (Å²) in [6, 6.07) is 16.1. The first-order valence-corrected chi connectivity index (χ1v) is 9.25. The van der Waals surface area contributed by atoms with Crippen molar-refractivity contribution >= 4 is 35.6 Å². The lowest BCUT2D eigenvalue weighted by molar-refractivity contribution is -0.0212. The molecule has 6 nitrogen and oxygen atoms in total. The lowest BCUT2D eigenvalue weighted by Crippen LogP contribution is -2.40. The Balaban J connectivity index is 0.00000280. The third kappa shape index (κ3) is 6.96. The Hall–Kier alpha value is -1.84. The van der Waals surface area contributed by atoms with Crippen LogP contribution in [0.25, 0.3) is 0 Å². The fraction of sp³-hybridized carbons (Fsp3) is 0.381. The predicted molar refractivity (Wildman–Crippen MR) is 124 cm³/mol. The summed E-state index contributed by atoms with van der Waals surface area (Å²) in [4.78, 5) is 6.88. The van der Waals surface area contributed by atoms with Crippen LogP contribution in [0.2, 0.25) is 0 Å². The van der Waals surface area contributed by atoms with Crippen molar-refractivity contribution in [2.24, 2.45) is 10.7 Å². The van der Waals surface area contributed by atoms with E-state index >= 15 is 0 Å². The molecule has 1 aliphatic rings. The van der Waals surface area contributed by atoms with Gasteiger partial charge in [-0.2, -0.15) is 0 Å². The zero-order valence-electron chi connectivity index (χ0n) is 16.4. The maximum atomic E-state index is 6.01. The number of benzene rings is 2. The van der Waals surface area contributed by atoms with Crippen LogP contribution < -0.4 is 15.8 Å². The molecule has 0 radical (unpaired) electrons. The number of nitrogens with zero attached hydrogens (tertiary/aromatic N) is 2. The van der Waals surface area contributed by atoms with Gasteiger partial charge in [-0.3, -0.25) is 4.90 Å². The van der Waals surface area contributed by atoms with Gasteiger partial charge in [0, 0.05) is 25.3 Å². The number of hydrogen-bond acceptors (Lipinski definition) is 4. The second-order valence-electron chi connectivity index (χ2n) is 6.79. The van der Waals surface area contributed by atoms with Gasteiger partial charge in [0.05, 0.1) is 26.4 Å². The van der Waals surface area contributed by atoms with E-state index in [1.54, 1.807) is 7.11 Å². The molecule has 0 saturated carbocycles. The van der Waals surface area contributed by atoms with E-state index in [4.69, 9.17) is 15.2 Å². The molecule has 1 heterocycles. The van der Waals surface area contributed by atoms with Crippen molar-refractivity contribution in [2.45, 2.75) is 26.1 Å². The molecular weight excluding hydrogens is 467 g/mol. The Bertz CT molecular complexity index is 767. The molecule has 3 rings (SSSR count). The first kappa shape index (κ1) is 22.4. The summed E-state index contributed by atoms with van der Waals surface area (Å²) >= 11 is 0. The Morgan fingerprint density at radius 3 is 2.71 bits per heavy atom. The minimum absolute atomic E-state index is 0. The first-order valence-electron chi connectivity index (χ1n) is 9.25. The van der Waals surface area contributed by atoms with Crippen LogP contribution in [-0.4, -0.2) is 43.8 Å². The van der Waals surface area contributed by atoms with Crippen molar-refractivity contribution in [3.05, 3.63) is 59.7 Å². The van der Waals surface area contributed by atoms with E-state index in [-0.39, 0.29) is 24.0 Å². The summed E-state index contributed by atoms with van der Waals surface area (Å²) in [5.74, 6) is 1.20. The highest BCUT2D eigenvalue weighted by Gasteiger charge is 2.16. The molecule has 1 unspecified atom stereocenters. The predicted octanol–water partition coefficient (Wildman–Crippen LogP) is 3.46. The quantitative estimate of drug-likeness (QED) is 0.364. The number of halogens is 1. The van der Waals surface area contributed by atoms with E-state index in [9.17, 15) is 0 Å². The van der Waals surface area contributed by atoms with Crippen molar-refractivity contribution in [3.8, 4) is 5.75 Å². The summed E-state index contributed by atoms with van der Waals surface area (Å²) in [6.07, 6.45) is 0.301. The molecule has 7 heteroatoms. The number of hydrogen-bond donors (Lipinski definition) is 2. The van der Waals surface area contributed by atoms with E-state index in [1.165, 1.54) is 5.56 Å². The highest BCUT2D eigenvalue weighted by Crippen LogP contribution is 2.15. The number of nitrogens with two attached hydrogens (primary N) is 1. The van der Waals surface area contributed by atoms with Gasteiger partial charge in [0.2, 0.25) is 0 Å². The summed E-state index contributed by atoms with van der Waals surface area (Å²) in [5, 5.41) is 3.10. The zero-order valence-corrected chi connectivity index (χ0v) is 18.8. The molecule has 2 aromatic carbocycles. The molecule has 0 aliphatic carbocycles. The summed E-state index contributed by atoms with van der Waals surface area (Å²) in [7, 11) is 1.64. The Morgan fingerprint density at radius 2 is 2.00 bits per heavy atom. The maximum Gasteiger partial charge on any atom is 0.193 e. The van der Waals surface area contributed by atoms with Gasteiger partial charge in [0.25, 0.3) is 0 Å². The van der Waals surface area contributed by atoms with E-state index < -0.39 is 0 Å². The van der Waals surface area contributed by atoms with Crippen LogP contribution >= 0.6 is 24.0 Å². The van der Waals surface area contributed by atoms with Gasteiger partial charge in [0.1, 0.15) is 5.75 Å². The van der Waals surface area contributed by atoms with E-state index in [0.717, 1.165) is 43.2 Å². The molecule has 3 N–H and O–H groups in total. The molecule has 0 amide bonds. The second kappa shape index (κ2) is 11.2. The SMILES string of the molecule is COc1ccc(NC(N)=NCc2cccc(CN3CCOC(C)C3)c2)cc1.I. The highest BCUT2D eigenvalue weighted by atomic mass is 127. The summed E-state index contributed by atoms with van der Waals surface area (Å²) in [5.41, 5.74) is 9.33. The third-order valence-corrected chi connectivity index (χ3v) is 4.52. The van der Waals surface area contributed by atoms with Crippen LogP contribution in [0, 0.1) is 0 Å². The van der Waals surface area contributed by atoms with Gasteiger partial charge in [-0.15, -0.1) is 24.0 Å². The molecule has 1 aliphatic heterocycles. The van der Waals surface area contributed by atoms with E-state index in [0.29, 0.717) is 18.6 Å². The molecular formula is C21H29IN4O2. The number of methoxy groups -OCH3 is 1. The molecule has 0 aromatic heterocycles. The fourth-order valence-electron chi connectivity index (χ4n) is 3.16. The van der Waals surface area contributed by atoms with Gasteiger partial charge in [-0.1, -0.05) is 24.3 Å². The number of aliphatic imine (C=N–C) groups is 1. The Labute approximate surface area is 184 Å². The molecule has 28 heavy (non-hydrogen) atoms. The van der Waals surface area contributed by atoms with Crippen molar-refractivity contribution in [1.82, 2.24) is 4.90 Å². The lowest BCUT2D eigenvalue weighted by Gasteiger charge is -2.31. The molecule has 1 saturated heterocycles. The highest BCUT2D eigenvalue weighted by molar-refractivity contribution is 14.0. The largest absolute Gasteiger partial charge is 0.497 e. The smallest absolute Gasteiger partial charge is 0.193 e. The maximum absolute atomic E-state index is 6.01. The fourth-order valence-corrected chi connectivity index (χ4v) is 3.16. The van der Waals surface area contributed by atoms with Crippen molar-refractivity contribution in [3.63, 3.8) is 0 Å². The minimum Gasteiger partial charge on any atom is -0.497 e. The van der Waals surface area contributed by atoms with Crippen molar-refractivity contribution in [2.75, 3.05) is 32.1 Å². The van der Waals surface area contributed by atoms with E-state index in [1.807, 2.05) is 24.3 Å². The molecule has 1 atom stereocenters. The molecule has 2 aromatic rings. The number of ether oxygens (including phenoxy) is 2. The third-order valence-electron chi connectivity index (χ3n) is 4.52. The van der Waals surface area contributed by atoms with Gasteiger partial charge in [-0.05, 0) is 42.3 Å². The molecule has 0 spiro atoms. The topological polar surface area (TPSA) is 72.1 Å². The Kier molecular flexibility index (Phi) is 9.01. The van der Waals surface area contributed by atoms with Crippen LogP contribution in [0.1, 0.15) is 18.1 Å². The number of morpholine rings is 1. The van der Waals surface area contributed by atoms with Gasteiger partial charge in [-0.25, -0.2) is 4.99 Å². The van der Waals surface area contributed by atoms with Crippen molar-refractivity contribution in [1.29, 1.82) is 0 Å². The standard InChI is InChI=1S/C21H28N4O2.HI/c1-16-14-25(10-11-27-16)15-18-5-3-4-17(12-18)13-23-21(22)24-19-6-8-20(26-2)9-7-19;/h3-9,12,16H,10-11,13-15H2,1-2H3,(H3,22,23,24);1H. The number of nitrogens with one attached hydrogen (secondary N) is 1. The normalized spacial score (nSPS) is 17.6. The molecule has 1 fully saturated rings. The monoisotopic (exact) mass is 496 g/mol. The second-order valence-corrected chi connectivity index (χ2v) is 6.79. The number of anilines is 1. The average molecular weight is 496 g/mol.